The third-order valence-electron chi connectivity index (χ3n) is 5.45. The molecular formula is C18H34N4. The van der Waals surface area contributed by atoms with Gasteiger partial charge in [-0.3, -0.25) is 4.99 Å². The highest BCUT2D eigenvalue weighted by atomic mass is 15.2. The Morgan fingerprint density at radius 3 is 2.64 bits per heavy atom. The molecule has 1 atom stereocenters. The molecule has 1 saturated heterocycles. The lowest BCUT2D eigenvalue weighted by Crippen LogP contribution is -2.44. The van der Waals surface area contributed by atoms with Crippen molar-refractivity contribution in [3.63, 3.8) is 0 Å². The van der Waals surface area contributed by atoms with Crippen LogP contribution in [0.25, 0.3) is 0 Å². The molecule has 2 N–H and O–H groups in total. The van der Waals surface area contributed by atoms with Crippen LogP contribution in [0.15, 0.2) is 4.99 Å². The summed E-state index contributed by atoms with van der Waals surface area (Å²) in [6.07, 6.45) is 11.2. The lowest BCUT2D eigenvalue weighted by atomic mass is 10.1. The van der Waals surface area contributed by atoms with E-state index in [4.69, 9.17) is 4.99 Å². The summed E-state index contributed by atoms with van der Waals surface area (Å²) in [5, 5.41) is 7.08. The van der Waals surface area contributed by atoms with Gasteiger partial charge in [0.25, 0.3) is 0 Å². The molecule has 0 bridgehead atoms. The smallest absolute Gasteiger partial charge is 0.191 e. The van der Waals surface area contributed by atoms with E-state index in [-0.39, 0.29) is 0 Å². The predicted octanol–water partition coefficient (Wildman–Crippen LogP) is 2.61. The molecule has 0 amide bonds. The van der Waals surface area contributed by atoms with Crippen molar-refractivity contribution in [1.82, 2.24) is 15.5 Å². The van der Waals surface area contributed by atoms with Crippen LogP contribution in [0.1, 0.15) is 58.3 Å². The number of aliphatic imine (C=N–C) groups is 1. The highest BCUT2D eigenvalue weighted by Gasteiger charge is 2.26. The van der Waals surface area contributed by atoms with Gasteiger partial charge in [-0.2, -0.15) is 0 Å². The highest BCUT2D eigenvalue weighted by molar-refractivity contribution is 5.80. The van der Waals surface area contributed by atoms with Crippen LogP contribution in [0.2, 0.25) is 0 Å². The second-order valence-corrected chi connectivity index (χ2v) is 7.53. The molecular weight excluding hydrogens is 272 g/mol. The zero-order valence-electron chi connectivity index (χ0n) is 14.3. The maximum atomic E-state index is 4.76. The fourth-order valence-electron chi connectivity index (χ4n) is 3.95. The monoisotopic (exact) mass is 306 g/mol. The molecule has 1 unspecified atom stereocenters. The van der Waals surface area contributed by atoms with Crippen LogP contribution in [0.4, 0.5) is 0 Å². The van der Waals surface area contributed by atoms with Gasteiger partial charge >= 0.3 is 0 Å². The third-order valence-corrected chi connectivity index (χ3v) is 5.45. The fourth-order valence-corrected chi connectivity index (χ4v) is 3.95. The first-order chi connectivity index (χ1) is 10.8. The van der Waals surface area contributed by atoms with Gasteiger partial charge in [0.2, 0.25) is 0 Å². The summed E-state index contributed by atoms with van der Waals surface area (Å²) in [5.41, 5.74) is 0. The highest BCUT2D eigenvalue weighted by Crippen LogP contribution is 2.32. The predicted molar refractivity (Wildman–Crippen MR) is 93.3 cm³/mol. The van der Waals surface area contributed by atoms with Crippen molar-refractivity contribution < 1.29 is 0 Å². The Morgan fingerprint density at radius 2 is 1.91 bits per heavy atom. The summed E-state index contributed by atoms with van der Waals surface area (Å²) in [6.45, 7) is 7.87. The third kappa shape index (κ3) is 5.15. The van der Waals surface area contributed by atoms with E-state index >= 15 is 0 Å². The van der Waals surface area contributed by atoms with Gasteiger partial charge in [0, 0.05) is 38.8 Å². The first kappa shape index (κ1) is 16.1. The van der Waals surface area contributed by atoms with Gasteiger partial charge in [0.05, 0.1) is 0 Å². The lowest BCUT2D eigenvalue weighted by Gasteiger charge is -2.21. The van der Waals surface area contributed by atoms with Crippen LogP contribution in [-0.2, 0) is 0 Å². The molecule has 4 heteroatoms. The van der Waals surface area contributed by atoms with Gasteiger partial charge in [-0.05, 0) is 44.4 Å². The van der Waals surface area contributed by atoms with Crippen molar-refractivity contribution in [2.24, 2.45) is 16.8 Å². The number of hydrogen-bond donors (Lipinski definition) is 2. The van der Waals surface area contributed by atoms with E-state index in [2.05, 4.69) is 22.5 Å². The van der Waals surface area contributed by atoms with Gasteiger partial charge in [-0.1, -0.05) is 25.7 Å². The van der Waals surface area contributed by atoms with Crippen LogP contribution >= 0.6 is 0 Å². The van der Waals surface area contributed by atoms with Crippen molar-refractivity contribution in [1.29, 1.82) is 0 Å². The van der Waals surface area contributed by atoms with Gasteiger partial charge in [0.1, 0.15) is 0 Å². The summed E-state index contributed by atoms with van der Waals surface area (Å²) in [7, 11) is 0. The minimum Gasteiger partial charge on any atom is -0.357 e. The second-order valence-electron chi connectivity index (χ2n) is 7.53. The van der Waals surface area contributed by atoms with E-state index in [0.29, 0.717) is 6.04 Å². The standard InChI is InChI=1S/C18H34N4/c1-2-19-18(20-11-9-15-7-8-15)21-17-10-12-22(14-17)13-16-5-3-4-6-16/h15-17H,2-14H2,1H3,(H2,19,20,21). The quantitative estimate of drug-likeness (QED) is 0.561. The molecule has 126 valence electrons. The molecule has 1 aliphatic heterocycles. The zero-order valence-corrected chi connectivity index (χ0v) is 14.3. The van der Waals surface area contributed by atoms with E-state index in [1.807, 2.05) is 0 Å². The Labute approximate surface area is 136 Å². The molecule has 3 fully saturated rings. The van der Waals surface area contributed by atoms with Crippen LogP contribution in [-0.4, -0.2) is 49.6 Å². The molecule has 0 radical (unpaired) electrons. The Bertz CT molecular complexity index is 358. The van der Waals surface area contributed by atoms with Crippen molar-refractivity contribution >= 4 is 5.96 Å². The van der Waals surface area contributed by atoms with Gasteiger partial charge < -0.3 is 15.5 Å². The summed E-state index contributed by atoms with van der Waals surface area (Å²) in [6, 6.07) is 0.583. The molecule has 4 nitrogen and oxygen atoms in total. The molecule has 0 aromatic carbocycles. The molecule has 22 heavy (non-hydrogen) atoms. The van der Waals surface area contributed by atoms with Crippen molar-refractivity contribution in [2.45, 2.75) is 64.3 Å². The second kappa shape index (κ2) is 8.19. The number of hydrogen-bond acceptors (Lipinski definition) is 2. The number of rotatable bonds is 7. The molecule has 2 aliphatic carbocycles. The summed E-state index contributed by atoms with van der Waals surface area (Å²) < 4.78 is 0. The van der Waals surface area contributed by atoms with E-state index in [0.717, 1.165) is 30.9 Å². The molecule has 3 rings (SSSR count). The van der Waals surface area contributed by atoms with E-state index in [1.54, 1.807) is 0 Å². The average Bonchev–Trinajstić information content (AvgIpc) is 2.99. The largest absolute Gasteiger partial charge is 0.357 e. The molecule has 0 aromatic heterocycles. The molecule has 0 spiro atoms. The van der Waals surface area contributed by atoms with Gasteiger partial charge in [0.15, 0.2) is 5.96 Å². The Kier molecular flexibility index (Phi) is 5.99. The number of nitrogens with one attached hydrogen (secondary N) is 2. The van der Waals surface area contributed by atoms with E-state index in [1.165, 1.54) is 71.0 Å². The van der Waals surface area contributed by atoms with Gasteiger partial charge in [-0.15, -0.1) is 0 Å². The first-order valence-corrected chi connectivity index (χ1v) is 9.60. The Balaban J connectivity index is 1.39. The number of likely N-dealkylation sites (tertiary alicyclic amines) is 1. The number of nitrogens with zero attached hydrogens (tertiary/aromatic N) is 2. The average molecular weight is 306 g/mol. The minimum absolute atomic E-state index is 0.583. The Morgan fingerprint density at radius 1 is 1.09 bits per heavy atom. The minimum atomic E-state index is 0.583. The summed E-state index contributed by atoms with van der Waals surface area (Å²) in [4.78, 5) is 7.43. The van der Waals surface area contributed by atoms with Gasteiger partial charge in [-0.25, -0.2) is 0 Å². The zero-order chi connectivity index (χ0) is 15.2. The van der Waals surface area contributed by atoms with Crippen LogP contribution in [0.3, 0.4) is 0 Å². The summed E-state index contributed by atoms with van der Waals surface area (Å²) in [5.74, 6) is 2.98. The van der Waals surface area contributed by atoms with Crippen molar-refractivity contribution in [2.75, 3.05) is 32.7 Å². The molecule has 3 aliphatic rings. The topological polar surface area (TPSA) is 39.7 Å². The Hall–Kier alpha value is -0.770. The van der Waals surface area contributed by atoms with E-state index < -0.39 is 0 Å². The maximum Gasteiger partial charge on any atom is 0.191 e. The maximum absolute atomic E-state index is 4.76. The normalized spacial score (nSPS) is 27.5. The number of guanidine groups is 1. The summed E-state index contributed by atoms with van der Waals surface area (Å²) >= 11 is 0. The first-order valence-electron chi connectivity index (χ1n) is 9.60. The molecule has 0 aromatic rings. The molecule has 2 saturated carbocycles. The van der Waals surface area contributed by atoms with Crippen molar-refractivity contribution in [3.05, 3.63) is 0 Å². The lowest BCUT2D eigenvalue weighted by molar-refractivity contribution is 0.275. The van der Waals surface area contributed by atoms with Crippen LogP contribution < -0.4 is 10.6 Å². The van der Waals surface area contributed by atoms with Crippen LogP contribution in [0.5, 0.6) is 0 Å². The van der Waals surface area contributed by atoms with E-state index in [9.17, 15) is 0 Å². The van der Waals surface area contributed by atoms with Crippen LogP contribution in [0, 0.1) is 11.8 Å². The fraction of sp³-hybridized carbons (Fsp3) is 0.944. The SMILES string of the molecule is CCNC(=NCCC1CC1)NC1CCN(CC2CCCC2)C1. The van der Waals surface area contributed by atoms with Crippen molar-refractivity contribution in [3.8, 4) is 0 Å². The molecule has 1 heterocycles.